The van der Waals surface area contributed by atoms with Crippen molar-refractivity contribution in [2.24, 2.45) is 0 Å². The second-order valence-corrected chi connectivity index (χ2v) is 8.71. The van der Waals surface area contributed by atoms with E-state index in [1.807, 2.05) is 0 Å². The van der Waals surface area contributed by atoms with Crippen molar-refractivity contribution in [3.05, 3.63) is 58.9 Å². The number of benzene rings is 2. The Morgan fingerprint density at radius 2 is 1.60 bits per heavy atom. The molecule has 0 amide bonds. The summed E-state index contributed by atoms with van der Waals surface area (Å²) >= 11 is 0. The number of hydrogen-bond acceptors (Lipinski definition) is 1. The highest BCUT2D eigenvalue weighted by atomic mass is 15.1. The second-order valence-electron chi connectivity index (χ2n) is 8.71. The molecule has 1 aliphatic rings. The molecule has 2 nitrogen and oxygen atoms in total. The summed E-state index contributed by atoms with van der Waals surface area (Å²) in [6.45, 7) is 13.8. The van der Waals surface area contributed by atoms with Gasteiger partial charge in [0.1, 0.15) is 5.65 Å². The first-order chi connectivity index (χ1) is 11.7. The van der Waals surface area contributed by atoms with Gasteiger partial charge in [0.25, 0.3) is 0 Å². The van der Waals surface area contributed by atoms with E-state index in [1.54, 1.807) is 0 Å². The van der Waals surface area contributed by atoms with E-state index in [-0.39, 0.29) is 10.8 Å². The largest absolute Gasteiger partial charge is 0.295 e. The molecule has 0 fully saturated rings. The van der Waals surface area contributed by atoms with E-state index in [0.717, 1.165) is 11.3 Å². The average molecular weight is 328 g/mol. The molecule has 0 bridgehead atoms. The zero-order valence-corrected chi connectivity index (χ0v) is 15.9. The molecule has 5 rings (SSSR count). The van der Waals surface area contributed by atoms with Gasteiger partial charge in [0.15, 0.2) is 0 Å². The maximum atomic E-state index is 5.06. The predicted molar refractivity (Wildman–Crippen MR) is 106 cm³/mol. The molecule has 25 heavy (non-hydrogen) atoms. The molecular weight excluding hydrogens is 304 g/mol. The van der Waals surface area contributed by atoms with Gasteiger partial charge in [0.05, 0.1) is 16.9 Å². The van der Waals surface area contributed by atoms with Crippen molar-refractivity contribution in [3.63, 3.8) is 0 Å². The van der Waals surface area contributed by atoms with E-state index in [9.17, 15) is 0 Å². The Hall–Kier alpha value is -2.35. The summed E-state index contributed by atoms with van der Waals surface area (Å²) in [4.78, 5) is 5.06. The standard InChI is InChI=1S/C23H24N2/c1-13-10-11-15-16-8-7-9-18-19(16)25-20(23(5,6)22(18,3)4)14(2)24-21(25)17(15)12-13/h7-12H,1-6H3. The molecule has 0 aliphatic carbocycles. The summed E-state index contributed by atoms with van der Waals surface area (Å²) in [6.07, 6.45) is 0. The summed E-state index contributed by atoms with van der Waals surface area (Å²) in [6, 6.07) is 13.6. The first-order valence-electron chi connectivity index (χ1n) is 9.10. The molecular formula is C23H24N2. The molecule has 0 N–H and O–H groups in total. The molecule has 0 atom stereocenters. The number of aryl methyl sites for hydroxylation is 2. The van der Waals surface area contributed by atoms with E-state index in [1.165, 1.54) is 38.5 Å². The summed E-state index contributed by atoms with van der Waals surface area (Å²) in [5.41, 5.74) is 7.72. The molecule has 1 aliphatic heterocycles. The van der Waals surface area contributed by atoms with Gasteiger partial charge in [-0.1, -0.05) is 63.6 Å². The second kappa shape index (κ2) is 4.24. The van der Waals surface area contributed by atoms with Gasteiger partial charge in [-0.15, -0.1) is 0 Å². The van der Waals surface area contributed by atoms with E-state index in [0.29, 0.717) is 0 Å². The lowest BCUT2D eigenvalue weighted by Gasteiger charge is -2.46. The molecule has 4 aromatic rings. The van der Waals surface area contributed by atoms with Crippen LogP contribution >= 0.6 is 0 Å². The highest BCUT2D eigenvalue weighted by Gasteiger charge is 2.47. The fraction of sp³-hybridized carbons (Fsp3) is 0.348. The third-order valence-corrected chi connectivity index (χ3v) is 6.85. The van der Waals surface area contributed by atoms with Crippen molar-refractivity contribution in [1.82, 2.24) is 9.38 Å². The number of imidazole rings is 1. The van der Waals surface area contributed by atoms with Gasteiger partial charge >= 0.3 is 0 Å². The first-order valence-corrected chi connectivity index (χ1v) is 9.10. The highest BCUT2D eigenvalue weighted by Crippen LogP contribution is 2.51. The van der Waals surface area contributed by atoms with Gasteiger partial charge in [-0.25, -0.2) is 4.98 Å². The summed E-state index contributed by atoms with van der Waals surface area (Å²) in [5, 5.41) is 3.90. The van der Waals surface area contributed by atoms with Crippen molar-refractivity contribution in [3.8, 4) is 0 Å². The minimum absolute atomic E-state index is 0.00921. The summed E-state index contributed by atoms with van der Waals surface area (Å²) in [5.74, 6) is 0. The molecule has 0 saturated heterocycles. The van der Waals surface area contributed by atoms with E-state index in [2.05, 4.69) is 82.3 Å². The lowest BCUT2D eigenvalue weighted by molar-refractivity contribution is 0.287. The van der Waals surface area contributed by atoms with Crippen LogP contribution < -0.4 is 0 Å². The van der Waals surface area contributed by atoms with Gasteiger partial charge in [-0.2, -0.15) is 0 Å². The topological polar surface area (TPSA) is 17.3 Å². The molecule has 0 spiro atoms. The molecule has 0 radical (unpaired) electrons. The van der Waals surface area contributed by atoms with Crippen LogP contribution in [0.5, 0.6) is 0 Å². The van der Waals surface area contributed by atoms with Gasteiger partial charge in [0, 0.05) is 21.6 Å². The minimum atomic E-state index is 0.00921. The normalized spacial score (nSPS) is 17.8. The zero-order chi connectivity index (χ0) is 17.7. The number of aromatic nitrogens is 2. The minimum Gasteiger partial charge on any atom is -0.295 e. The highest BCUT2D eigenvalue weighted by molar-refractivity contribution is 6.13. The van der Waals surface area contributed by atoms with Crippen molar-refractivity contribution >= 4 is 27.3 Å². The SMILES string of the molecule is Cc1ccc2c(c1)c1nc(C)c3n1c1c(cccc21)C(C)(C)C3(C)C. The molecule has 126 valence electrons. The van der Waals surface area contributed by atoms with Crippen molar-refractivity contribution in [2.45, 2.75) is 52.4 Å². The van der Waals surface area contributed by atoms with E-state index in [4.69, 9.17) is 4.98 Å². The van der Waals surface area contributed by atoms with Crippen LogP contribution in [0.25, 0.3) is 27.3 Å². The maximum absolute atomic E-state index is 5.06. The molecule has 2 aromatic carbocycles. The average Bonchev–Trinajstić information content (AvgIpc) is 2.91. The van der Waals surface area contributed by atoms with E-state index >= 15 is 0 Å². The maximum Gasteiger partial charge on any atom is 0.145 e. The van der Waals surface area contributed by atoms with Crippen LogP contribution in [0.3, 0.4) is 0 Å². The Labute approximate surface area is 148 Å². The Bertz CT molecular complexity index is 1210. The molecule has 3 heterocycles. The van der Waals surface area contributed by atoms with Crippen LogP contribution in [0.2, 0.25) is 0 Å². The lowest BCUT2D eigenvalue weighted by atomic mass is 9.60. The van der Waals surface area contributed by atoms with Gasteiger partial charge in [-0.3, -0.25) is 4.40 Å². The summed E-state index contributed by atoms with van der Waals surface area (Å²) < 4.78 is 2.45. The Morgan fingerprint density at radius 1 is 0.840 bits per heavy atom. The third-order valence-electron chi connectivity index (χ3n) is 6.85. The fourth-order valence-corrected chi connectivity index (χ4v) is 4.88. The number of fused-ring (bicyclic) bond motifs is 3. The Morgan fingerprint density at radius 3 is 2.36 bits per heavy atom. The van der Waals surface area contributed by atoms with Crippen LogP contribution in [0.1, 0.15) is 50.2 Å². The van der Waals surface area contributed by atoms with Gasteiger partial charge in [0.2, 0.25) is 0 Å². The summed E-state index contributed by atoms with van der Waals surface area (Å²) in [7, 11) is 0. The Balaban J connectivity index is 2.22. The fourth-order valence-electron chi connectivity index (χ4n) is 4.88. The van der Waals surface area contributed by atoms with Crippen molar-refractivity contribution in [2.75, 3.05) is 0 Å². The number of rotatable bonds is 0. The number of nitrogens with zero attached hydrogens (tertiary/aromatic N) is 2. The van der Waals surface area contributed by atoms with Crippen LogP contribution in [-0.2, 0) is 10.8 Å². The first kappa shape index (κ1) is 14.9. The zero-order valence-electron chi connectivity index (χ0n) is 15.9. The van der Waals surface area contributed by atoms with Gasteiger partial charge < -0.3 is 0 Å². The molecule has 2 aromatic heterocycles. The van der Waals surface area contributed by atoms with Crippen molar-refractivity contribution in [1.29, 1.82) is 0 Å². The molecule has 0 saturated carbocycles. The van der Waals surface area contributed by atoms with Crippen LogP contribution in [0, 0.1) is 13.8 Å². The van der Waals surface area contributed by atoms with E-state index < -0.39 is 0 Å². The van der Waals surface area contributed by atoms with Gasteiger partial charge in [-0.05, 0) is 30.9 Å². The molecule has 0 unspecified atom stereocenters. The monoisotopic (exact) mass is 328 g/mol. The number of para-hydroxylation sites is 1. The van der Waals surface area contributed by atoms with Crippen LogP contribution in [0.4, 0.5) is 0 Å². The quantitative estimate of drug-likeness (QED) is 0.371. The van der Waals surface area contributed by atoms with Crippen LogP contribution in [-0.4, -0.2) is 9.38 Å². The van der Waals surface area contributed by atoms with Crippen molar-refractivity contribution < 1.29 is 0 Å². The predicted octanol–water partition coefficient (Wildman–Crippen LogP) is 5.83. The third kappa shape index (κ3) is 1.54. The Kier molecular flexibility index (Phi) is 2.54. The smallest absolute Gasteiger partial charge is 0.145 e. The van der Waals surface area contributed by atoms with Crippen LogP contribution in [0.15, 0.2) is 36.4 Å². The number of pyridine rings is 1. The molecule has 2 heteroatoms. The lowest BCUT2D eigenvalue weighted by Crippen LogP contribution is -2.44. The number of hydrogen-bond donors (Lipinski definition) is 0.